The van der Waals surface area contributed by atoms with Gasteiger partial charge >= 0.3 is 0 Å². The van der Waals surface area contributed by atoms with Crippen LogP contribution >= 0.6 is 0 Å². The van der Waals surface area contributed by atoms with Crippen LogP contribution in [-0.4, -0.2) is 6.54 Å². The van der Waals surface area contributed by atoms with Gasteiger partial charge < -0.3 is 5.32 Å². The number of halogens is 1. The molecular formula is C13H18FN. The molecule has 0 saturated carbocycles. The second-order valence-corrected chi connectivity index (χ2v) is 4.58. The monoisotopic (exact) mass is 207 g/mol. The van der Waals surface area contributed by atoms with E-state index in [1.807, 2.05) is 19.1 Å². The molecule has 0 bridgehead atoms. The Morgan fingerprint density at radius 2 is 2.20 bits per heavy atom. The largest absolute Gasteiger partial charge is 0.310 e. The zero-order chi connectivity index (χ0) is 10.8. The minimum atomic E-state index is -0.0770. The number of rotatable bonds is 1. The maximum atomic E-state index is 13.7. The van der Waals surface area contributed by atoms with E-state index in [1.165, 1.54) is 12.8 Å². The summed E-state index contributed by atoms with van der Waals surface area (Å²) in [7, 11) is 0. The van der Waals surface area contributed by atoms with Crippen LogP contribution in [0.4, 0.5) is 4.39 Å². The first kappa shape index (κ1) is 10.6. The molecule has 2 unspecified atom stereocenters. The van der Waals surface area contributed by atoms with Crippen LogP contribution in [0.25, 0.3) is 0 Å². The van der Waals surface area contributed by atoms with E-state index in [0.29, 0.717) is 5.92 Å². The number of aryl methyl sites for hydroxylation is 1. The Morgan fingerprint density at radius 3 is 2.93 bits per heavy atom. The van der Waals surface area contributed by atoms with Crippen molar-refractivity contribution in [2.45, 2.75) is 32.7 Å². The van der Waals surface area contributed by atoms with Crippen molar-refractivity contribution in [2.24, 2.45) is 5.92 Å². The second kappa shape index (κ2) is 4.31. The standard InChI is InChI=1S/C13H18FN/c1-9-5-6-12(14)11(8-9)13-10(2)4-3-7-15-13/h5-6,8,10,13,15H,3-4,7H2,1-2H3. The third-order valence-corrected chi connectivity index (χ3v) is 3.26. The van der Waals surface area contributed by atoms with Crippen molar-refractivity contribution in [1.29, 1.82) is 0 Å². The van der Waals surface area contributed by atoms with E-state index >= 15 is 0 Å². The molecule has 1 fully saturated rings. The molecule has 2 atom stereocenters. The van der Waals surface area contributed by atoms with E-state index in [-0.39, 0.29) is 11.9 Å². The highest BCUT2D eigenvalue weighted by Gasteiger charge is 2.24. The minimum absolute atomic E-state index is 0.0770. The Hall–Kier alpha value is -0.890. The molecule has 1 aromatic carbocycles. The van der Waals surface area contributed by atoms with Crippen molar-refractivity contribution in [3.05, 3.63) is 35.1 Å². The smallest absolute Gasteiger partial charge is 0.128 e. The van der Waals surface area contributed by atoms with Gasteiger partial charge in [-0.05, 0) is 38.3 Å². The summed E-state index contributed by atoms with van der Waals surface area (Å²) < 4.78 is 13.7. The Kier molecular flexibility index (Phi) is 3.06. The van der Waals surface area contributed by atoms with E-state index in [2.05, 4.69) is 12.2 Å². The molecule has 2 rings (SSSR count). The first-order chi connectivity index (χ1) is 7.18. The summed E-state index contributed by atoms with van der Waals surface area (Å²) in [5.41, 5.74) is 1.97. The Bertz CT molecular complexity index is 348. The van der Waals surface area contributed by atoms with Crippen molar-refractivity contribution in [2.75, 3.05) is 6.54 Å². The lowest BCUT2D eigenvalue weighted by Crippen LogP contribution is -2.33. The Morgan fingerprint density at radius 1 is 1.40 bits per heavy atom. The topological polar surface area (TPSA) is 12.0 Å². The van der Waals surface area contributed by atoms with Gasteiger partial charge in [0, 0.05) is 11.6 Å². The molecule has 82 valence electrons. The van der Waals surface area contributed by atoms with Crippen LogP contribution in [-0.2, 0) is 0 Å². The normalized spacial score (nSPS) is 26.6. The first-order valence-electron chi connectivity index (χ1n) is 5.68. The van der Waals surface area contributed by atoms with E-state index < -0.39 is 0 Å². The van der Waals surface area contributed by atoms with Gasteiger partial charge in [0.05, 0.1) is 0 Å². The number of benzene rings is 1. The summed E-state index contributed by atoms with van der Waals surface area (Å²) in [6.07, 6.45) is 2.39. The van der Waals surface area contributed by atoms with Gasteiger partial charge in [-0.3, -0.25) is 0 Å². The van der Waals surface area contributed by atoms with Crippen LogP contribution in [0.3, 0.4) is 0 Å². The van der Waals surface area contributed by atoms with Gasteiger partial charge in [0.2, 0.25) is 0 Å². The molecule has 0 radical (unpaired) electrons. The average molecular weight is 207 g/mol. The number of hydrogen-bond donors (Lipinski definition) is 1. The number of nitrogens with one attached hydrogen (secondary N) is 1. The maximum absolute atomic E-state index is 13.7. The SMILES string of the molecule is Cc1ccc(F)c(C2NCCCC2C)c1. The zero-order valence-electron chi connectivity index (χ0n) is 9.39. The van der Waals surface area contributed by atoms with Crippen molar-refractivity contribution < 1.29 is 4.39 Å². The van der Waals surface area contributed by atoms with Crippen molar-refractivity contribution >= 4 is 0 Å². The van der Waals surface area contributed by atoms with E-state index in [0.717, 1.165) is 17.7 Å². The fraction of sp³-hybridized carbons (Fsp3) is 0.538. The third-order valence-electron chi connectivity index (χ3n) is 3.26. The highest BCUT2D eigenvalue weighted by Crippen LogP contribution is 2.30. The highest BCUT2D eigenvalue weighted by molar-refractivity contribution is 5.27. The van der Waals surface area contributed by atoms with Crippen LogP contribution < -0.4 is 5.32 Å². The van der Waals surface area contributed by atoms with Gasteiger partial charge in [-0.25, -0.2) is 4.39 Å². The first-order valence-corrected chi connectivity index (χ1v) is 5.68. The highest BCUT2D eigenvalue weighted by atomic mass is 19.1. The lowest BCUT2D eigenvalue weighted by Gasteiger charge is -2.30. The summed E-state index contributed by atoms with van der Waals surface area (Å²) in [6, 6.07) is 5.56. The van der Waals surface area contributed by atoms with Gasteiger partial charge in [0.1, 0.15) is 5.82 Å². The van der Waals surface area contributed by atoms with Crippen molar-refractivity contribution in [3.8, 4) is 0 Å². The van der Waals surface area contributed by atoms with Gasteiger partial charge in [-0.1, -0.05) is 24.6 Å². The van der Waals surface area contributed by atoms with E-state index in [9.17, 15) is 4.39 Å². The lowest BCUT2D eigenvalue weighted by atomic mass is 9.87. The van der Waals surface area contributed by atoms with Crippen LogP contribution in [0, 0.1) is 18.7 Å². The molecule has 1 saturated heterocycles. The maximum Gasteiger partial charge on any atom is 0.128 e. The summed E-state index contributed by atoms with van der Waals surface area (Å²) in [6.45, 7) is 5.21. The average Bonchev–Trinajstić information content (AvgIpc) is 2.23. The van der Waals surface area contributed by atoms with Crippen LogP contribution in [0.15, 0.2) is 18.2 Å². The van der Waals surface area contributed by atoms with Gasteiger partial charge in [0.15, 0.2) is 0 Å². The number of hydrogen-bond acceptors (Lipinski definition) is 1. The van der Waals surface area contributed by atoms with Gasteiger partial charge in [-0.2, -0.15) is 0 Å². The molecule has 1 aliphatic heterocycles. The van der Waals surface area contributed by atoms with E-state index in [1.54, 1.807) is 6.07 Å². The minimum Gasteiger partial charge on any atom is -0.310 e. The summed E-state index contributed by atoms with van der Waals surface area (Å²) >= 11 is 0. The zero-order valence-corrected chi connectivity index (χ0v) is 9.39. The van der Waals surface area contributed by atoms with E-state index in [4.69, 9.17) is 0 Å². The molecule has 1 aliphatic rings. The molecule has 1 N–H and O–H groups in total. The van der Waals surface area contributed by atoms with Crippen LogP contribution in [0.5, 0.6) is 0 Å². The molecule has 2 heteroatoms. The van der Waals surface area contributed by atoms with Crippen LogP contribution in [0.2, 0.25) is 0 Å². The quantitative estimate of drug-likeness (QED) is 0.745. The molecule has 0 spiro atoms. The predicted molar refractivity (Wildman–Crippen MR) is 60.3 cm³/mol. The summed E-state index contributed by atoms with van der Waals surface area (Å²) in [5, 5.41) is 3.41. The fourth-order valence-electron chi connectivity index (χ4n) is 2.37. The van der Waals surface area contributed by atoms with Crippen molar-refractivity contribution in [1.82, 2.24) is 5.32 Å². The third kappa shape index (κ3) is 2.20. The fourth-order valence-corrected chi connectivity index (χ4v) is 2.37. The molecule has 0 aromatic heterocycles. The molecular weight excluding hydrogens is 189 g/mol. The lowest BCUT2D eigenvalue weighted by molar-refractivity contribution is 0.299. The van der Waals surface area contributed by atoms with Crippen LogP contribution in [0.1, 0.15) is 36.9 Å². The van der Waals surface area contributed by atoms with Crippen molar-refractivity contribution in [3.63, 3.8) is 0 Å². The predicted octanol–water partition coefficient (Wildman–Crippen LogP) is 3.19. The molecule has 1 aromatic rings. The summed E-state index contributed by atoms with van der Waals surface area (Å²) in [5.74, 6) is 0.446. The molecule has 0 amide bonds. The molecule has 0 aliphatic carbocycles. The molecule has 1 heterocycles. The Balaban J connectivity index is 2.30. The number of piperidine rings is 1. The second-order valence-electron chi connectivity index (χ2n) is 4.58. The van der Waals surface area contributed by atoms with Gasteiger partial charge in [-0.15, -0.1) is 0 Å². The van der Waals surface area contributed by atoms with Gasteiger partial charge in [0.25, 0.3) is 0 Å². The molecule has 15 heavy (non-hydrogen) atoms. The summed E-state index contributed by atoms with van der Waals surface area (Å²) in [4.78, 5) is 0. The Labute approximate surface area is 90.7 Å². The molecule has 1 nitrogen and oxygen atoms in total.